The van der Waals surface area contributed by atoms with Crippen LogP contribution in [0.4, 0.5) is 24.5 Å². The number of carboxylic acids is 1. The van der Waals surface area contributed by atoms with Crippen molar-refractivity contribution in [1.29, 1.82) is 0 Å². The maximum atomic E-state index is 12.8. The summed E-state index contributed by atoms with van der Waals surface area (Å²) in [6.45, 7) is -1.12. The number of nitrogens with one attached hydrogen (secondary N) is 1. The van der Waals surface area contributed by atoms with Gasteiger partial charge in [0.05, 0.1) is 16.1 Å². The van der Waals surface area contributed by atoms with Crippen LogP contribution >= 0.6 is 0 Å². The minimum atomic E-state index is -4.65. The number of amides is 1. The Morgan fingerprint density at radius 3 is 2.59 bits per heavy atom. The van der Waals surface area contributed by atoms with Crippen LogP contribution < -0.4 is 14.4 Å². The molecular formula is C17H13F3N2O6S. The van der Waals surface area contributed by atoms with Gasteiger partial charge >= 0.3 is 12.1 Å². The van der Waals surface area contributed by atoms with E-state index >= 15 is 0 Å². The van der Waals surface area contributed by atoms with Crippen molar-refractivity contribution in [2.75, 3.05) is 22.8 Å². The van der Waals surface area contributed by atoms with E-state index in [1.54, 1.807) is 0 Å². The maximum absolute atomic E-state index is 12.8. The second-order valence-electron chi connectivity index (χ2n) is 5.98. The minimum absolute atomic E-state index is 0.0735. The average Bonchev–Trinajstić information content (AvgIpc) is 2.62. The van der Waals surface area contributed by atoms with Crippen molar-refractivity contribution in [3.8, 4) is 5.75 Å². The Morgan fingerprint density at radius 1 is 1.21 bits per heavy atom. The van der Waals surface area contributed by atoms with Crippen LogP contribution in [0.1, 0.15) is 5.56 Å². The Balaban J connectivity index is 1.95. The minimum Gasteiger partial charge on any atom is -0.482 e. The van der Waals surface area contributed by atoms with Crippen LogP contribution in [0.5, 0.6) is 5.75 Å². The standard InChI is InChI=1S/C17H13F3N2O6S/c18-17(19,20)10-2-1-3-11(6-10)21-29(26,27)12-4-5-14-13(7-12)22(8-16(24)25)15(23)9-28-14/h1-7,21H,8-9H2,(H,24,25). The largest absolute Gasteiger partial charge is 0.482 e. The SMILES string of the molecule is O=C(O)CN1C(=O)COc2ccc(S(=O)(=O)Nc3cccc(C(F)(F)F)c3)cc21. The van der Waals surface area contributed by atoms with E-state index < -0.39 is 46.8 Å². The lowest BCUT2D eigenvalue weighted by Gasteiger charge is -2.28. The summed E-state index contributed by atoms with van der Waals surface area (Å²) >= 11 is 0. The number of ether oxygens (including phenoxy) is 1. The van der Waals surface area contributed by atoms with Crippen LogP contribution in [0.2, 0.25) is 0 Å². The highest BCUT2D eigenvalue weighted by atomic mass is 32.2. The fraction of sp³-hybridized carbons (Fsp3) is 0.176. The molecule has 2 N–H and O–H groups in total. The van der Waals surface area contributed by atoms with Gasteiger partial charge in [0, 0.05) is 5.69 Å². The molecular weight excluding hydrogens is 417 g/mol. The molecule has 0 bridgehead atoms. The summed E-state index contributed by atoms with van der Waals surface area (Å²) in [6, 6.07) is 7.01. The van der Waals surface area contributed by atoms with Gasteiger partial charge in [-0.05, 0) is 36.4 Å². The number of fused-ring (bicyclic) bond motifs is 1. The highest BCUT2D eigenvalue weighted by Gasteiger charge is 2.31. The Labute approximate surface area is 162 Å². The lowest BCUT2D eigenvalue weighted by molar-refractivity contribution is -0.138. The molecule has 2 aromatic rings. The Morgan fingerprint density at radius 2 is 1.93 bits per heavy atom. The lowest BCUT2D eigenvalue weighted by Crippen LogP contribution is -2.42. The third-order valence-corrected chi connectivity index (χ3v) is 5.30. The molecule has 3 rings (SSSR count). The number of aliphatic carboxylic acids is 1. The van der Waals surface area contributed by atoms with E-state index in [1.165, 1.54) is 6.07 Å². The van der Waals surface area contributed by atoms with Gasteiger partial charge in [0.15, 0.2) is 6.61 Å². The summed E-state index contributed by atoms with van der Waals surface area (Å²) in [6.07, 6.45) is -4.65. The third kappa shape index (κ3) is 4.42. The molecule has 0 saturated heterocycles. The molecule has 2 aromatic carbocycles. The summed E-state index contributed by atoms with van der Waals surface area (Å²) in [5.41, 5.74) is -1.42. The topological polar surface area (TPSA) is 113 Å². The fourth-order valence-electron chi connectivity index (χ4n) is 2.63. The Hall–Kier alpha value is -3.28. The normalized spacial score (nSPS) is 14.2. The molecule has 12 heteroatoms. The van der Waals surface area contributed by atoms with E-state index in [1.807, 2.05) is 4.72 Å². The van der Waals surface area contributed by atoms with E-state index in [-0.39, 0.29) is 22.0 Å². The molecule has 1 aliphatic rings. The third-order valence-electron chi connectivity index (χ3n) is 3.92. The second-order valence-corrected chi connectivity index (χ2v) is 7.66. The van der Waals surface area contributed by atoms with E-state index in [9.17, 15) is 31.2 Å². The number of hydrogen-bond donors (Lipinski definition) is 2. The molecule has 0 unspecified atom stereocenters. The number of carbonyl (C=O) groups excluding carboxylic acids is 1. The molecule has 154 valence electrons. The molecule has 0 aromatic heterocycles. The summed E-state index contributed by atoms with van der Waals surface area (Å²) in [5, 5.41) is 8.97. The van der Waals surface area contributed by atoms with Crippen LogP contribution in [0.25, 0.3) is 0 Å². The van der Waals surface area contributed by atoms with Crippen LogP contribution in [-0.4, -0.2) is 38.6 Å². The molecule has 0 atom stereocenters. The zero-order valence-electron chi connectivity index (χ0n) is 14.4. The fourth-order valence-corrected chi connectivity index (χ4v) is 3.70. The predicted octanol–water partition coefficient (Wildman–Crippen LogP) is 2.32. The zero-order chi connectivity index (χ0) is 21.4. The summed E-state index contributed by atoms with van der Waals surface area (Å²) in [5.74, 6) is -1.90. The van der Waals surface area contributed by atoms with Crippen molar-refractivity contribution in [3.05, 3.63) is 48.0 Å². The number of carboxylic acid groups (broad SMARTS) is 1. The molecule has 29 heavy (non-hydrogen) atoms. The molecule has 1 heterocycles. The first-order chi connectivity index (χ1) is 13.5. The summed E-state index contributed by atoms with van der Waals surface area (Å²) < 4.78 is 70.9. The number of hydrogen-bond acceptors (Lipinski definition) is 5. The van der Waals surface area contributed by atoms with Crippen molar-refractivity contribution >= 4 is 33.3 Å². The van der Waals surface area contributed by atoms with Gasteiger partial charge < -0.3 is 9.84 Å². The highest BCUT2D eigenvalue weighted by molar-refractivity contribution is 7.92. The summed E-state index contributed by atoms with van der Waals surface area (Å²) in [7, 11) is -4.34. The van der Waals surface area contributed by atoms with E-state index in [4.69, 9.17) is 9.84 Å². The van der Waals surface area contributed by atoms with Gasteiger partial charge in [0.25, 0.3) is 15.9 Å². The first-order valence-electron chi connectivity index (χ1n) is 7.96. The number of alkyl halides is 3. The highest BCUT2D eigenvalue weighted by Crippen LogP contribution is 2.35. The first-order valence-corrected chi connectivity index (χ1v) is 9.45. The monoisotopic (exact) mass is 430 g/mol. The van der Waals surface area contributed by atoms with Crippen LogP contribution in [-0.2, 0) is 25.8 Å². The second kappa shape index (κ2) is 7.28. The molecule has 0 spiro atoms. The molecule has 0 radical (unpaired) electrons. The number of sulfonamides is 1. The van der Waals surface area contributed by atoms with Gasteiger partial charge in [-0.15, -0.1) is 0 Å². The van der Waals surface area contributed by atoms with Crippen molar-refractivity contribution < 1.29 is 41.0 Å². The van der Waals surface area contributed by atoms with Crippen molar-refractivity contribution in [1.82, 2.24) is 0 Å². The Kier molecular flexibility index (Phi) is 5.13. The van der Waals surface area contributed by atoms with E-state index in [2.05, 4.69) is 0 Å². The first kappa shape index (κ1) is 20.5. The van der Waals surface area contributed by atoms with Crippen molar-refractivity contribution in [3.63, 3.8) is 0 Å². The van der Waals surface area contributed by atoms with Crippen molar-refractivity contribution in [2.24, 2.45) is 0 Å². The quantitative estimate of drug-likeness (QED) is 0.753. The number of anilines is 2. The number of nitrogens with zero attached hydrogens (tertiary/aromatic N) is 1. The molecule has 1 amide bonds. The van der Waals surface area contributed by atoms with Crippen molar-refractivity contribution in [2.45, 2.75) is 11.1 Å². The van der Waals surface area contributed by atoms with E-state index in [0.29, 0.717) is 6.07 Å². The molecule has 1 aliphatic heterocycles. The summed E-state index contributed by atoms with van der Waals surface area (Å²) in [4.78, 5) is 23.4. The number of carbonyl (C=O) groups is 2. The van der Waals surface area contributed by atoms with Gasteiger partial charge in [-0.3, -0.25) is 19.2 Å². The molecule has 0 aliphatic carbocycles. The van der Waals surface area contributed by atoms with Gasteiger partial charge in [-0.1, -0.05) is 6.07 Å². The van der Waals surface area contributed by atoms with E-state index in [0.717, 1.165) is 35.2 Å². The van der Waals surface area contributed by atoms with Crippen LogP contribution in [0, 0.1) is 0 Å². The van der Waals surface area contributed by atoms with Gasteiger partial charge in [0.2, 0.25) is 0 Å². The Bertz CT molecular complexity index is 1080. The molecule has 0 fully saturated rings. The van der Waals surface area contributed by atoms with Gasteiger partial charge in [-0.2, -0.15) is 13.2 Å². The average molecular weight is 430 g/mol. The lowest BCUT2D eigenvalue weighted by atomic mass is 10.2. The number of halogens is 3. The van der Waals surface area contributed by atoms with Gasteiger partial charge in [0.1, 0.15) is 12.3 Å². The number of benzene rings is 2. The molecule has 8 nitrogen and oxygen atoms in total. The molecule has 0 saturated carbocycles. The smallest absolute Gasteiger partial charge is 0.416 e. The predicted molar refractivity (Wildman–Crippen MR) is 94.2 cm³/mol. The zero-order valence-corrected chi connectivity index (χ0v) is 15.2. The van der Waals surface area contributed by atoms with Gasteiger partial charge in [-0.25, -0.2) is 8.42 Å². The maximum Gasteiger partial charge on any atom is 0.416 e. The number of rotatable bonds is 5. The van der Waals surface area contributed by atoms with Crippen LogP contribution in [0.15, 0.2) is 47.4 Å². The van der Waals surface area contributed by atoms with Crippen LogP contribution in [0.3, 0.4) is 0 Å².